The van der Waals surface area contributed by atoms with E-state index in [0.29, 0.717) is 0 Å². The van der Waals surface area contributed by atoms with Crippen LogP contribution in [0.4, 0.5) is 0 Å². The van der Waals surface area contributed by atoms with E-state index in [4.69, 9.17) is 4.42 Å². The molecule has 15 aromatic rings. The quantitative estimate of drug-likeness (QED) is 0.157. The van der Waals surface area contributed by atoms with Gasteiger partial charge in [0.15, 0.2) is 0 Å². The minimum atomic E-state index is 0.890. The van der Waals surface area contributed by atoms with Crippen molar-refractivity contribution in [2.24, 2.45) is 0 Å². The molecule has 0 aliphatic heterocycles. The molecule has 1 heteroatoms. The Morgan fingerprint density at radius 2 is 0.612 bits per heavy atom. The van der Waals surface area contributed by atoms with E-state index in [1.807, 2.05) is 0 Å². The lowest BCUT2D eigenvalue weighted by Crippen LogP contribution is -1.91. The Hall–Kier alpha value is -8.78. The lowest BCUT2D eigenvalue weighted by Gasteiger charge is -2.17. The summed E-state index contributed by atoms with van der Waals surface area (Å²) in [6.07, 6.45) is 0. The fraction of sp³-hybridized carbons (Fsp3) is 0. The fourth-order valence-corrected chi connectivity index (χ4v) is 11.7. The van der Waals surface area contributed by atoms with Gasteiger partial charge in [0, 0.05) is 16.2 Å². The maximum absolute atomic E-state index is 7.01. The van der Waals surface area contributed by atoms with Crippen LogP contribution in [0.3, 0.4) is 0 Å². The van der Waals surface area contributed by atoms with Gasteiger partial charge in [0.05, 0.1) is 0 Å². The predicted molar refractivity (Wildman–Crippen MR) is 286 cm³/mol. The van der Waals surface area contributed by atoms with E-state index in [0.717, 1.165) is 38.5 Å². The highest BCUT2D eigenvalue weighted by atomic mass is 16.3. The number of benzene rings is 14. The van der Waals surface area contributed by atoms with E-state index in [2.05, 4.69) is 231 Å². The fourth-order valence-electron chi connectivity index (χ4n) is 11.7. The average Bonchev–Trinajstić information content (AvgIpc) is 3.79. The van der Waals surface area contributed by atoms with Gasteiger partial charge in [-0.2, -0.15) is 0 Å². The van der Waals surface area contributed by atoms with E-state index in [1.165, 1.54) is 115 Å². The van der Waals surface area contributed by atoms with Gasteiger partial charge in [-0.05, 0) is 144 Å². The second-order valence-electron chi connectivity index (χ2n) is 18.3. The van der Waals surface area contributed by atoms with E-state index < -0.39 is 0 Å². The third-order valence-corrected chi connectivity index (χ3v) is 14.8. The van der Waals surface area contributed by atoms with E-state index in [-0.39, 0.29) is 0 Å². The summed E-state index contributed by atoms with van der Waals surface area (Å²) in [4.78, 5) is 0. The lowest BCUT2D eigenvalue weighted by atomic mass is 9.85. The number of furan rings is 1. The van der Waals surface area contributed by atoms with Crippen LogP contribution in [0.2, 0.25) is 0 Å². The standard InChI is InChI=1S/C66H38O/c1-3-9-40(10-4-1)49-28-20-44-25-34-56-51(30-22-45-24-32-54(49)61(44)62(45)56)43-17-15-39(16-18-43)48-37-59(65-58-36-19-42-13-7-8-14-52(42)66(58)67-60(65)38-48)53-31-23-47-26-33-55-50(41-11-5-2-6-12-41)29-21-46-27-35-57(53)64(47)63(46)55/h1-38H. The zero-order chi connectivity index (χ0) is 43.7. The summed E-state index contributed by atoms with van der Waals surface area (Å²) in [7, 11) is 0. The highest BCUT2D eigenvalue weighted by molar-refractivity contribution is 6.30. The van der Waals surface area contributed by atoms with Crippen molar-refractivity contribution in [3.63, 3.8) is 0 Å². The summed E-state index contributed by atoms with van der Waals surface area (Å²) < 4.78 is 7.01. The van der Waals surface area contributed by atoms with Crippen LogP contribution in [0, 0.1) is 0 Å². The highest BCUT2D eigenvalue weighted by Gasteiger charge is 2.21. The first-order valence-corrected chi connectivity index (χ1v) is 23.2. The topological polar surface area (TPSA) is 13.1 Å². The molecular formula is C66H38O. The molecule has 0 atom stereocenters. The molecule has 15 rings (SSSR count). The van der Waals surface area contributed by atoms with Crippen LogP contribution in [-0.2, 0) is 0 Å². The second kappa shape index (κ2) is 13.9. The van der Waals surface area contributed by atoms with Crippen LogP contribution in [0.15, 0.2) is 235 Å². The largest absolute Gasteiger partial charge is 0.455 e. The predicted octanol–water partition coefficient (Wildman–Crippen LogP) is 18.9. The average molecular weight is 847 g/mol. The first kappa shape index (κ1) is 36.5. The second-order valence-corrected chi connectivity index (χ2v) is 18.3. The molecule has 0 saturated carbocycles. The monoisotopic (exact) mass is 846 g/mol. The Kier molecular flexibility index (Phi) is 7.56. The van der Waals surface area contributed by atoms with Crippen molar-refractivity contribution in [3.8, 4) is 55.6 Å². The molecule has 0 radical (unpaired) electrons. The molecule has 0 unspecified atom stereocenters. The van der Waals surface area contributed by atoms with Crippen molar-refractivity contribution in [1.82, 2.24) is 0 Å². The molecule has 308 valence electrons. The third kappa shape index (κ3) is 5.31. The lowest BCUT2D eigenvalue weighted by molar-refractivity contribution is 0.673. The molecule has 0 spiro atoms. The Bertz CT molecular complexity index is 4460. The summed E-state index contributed by atoms with van der Waals surface area (Å²) in [6, 6.07) is 85.3. The first-order chi connectivity index (χ1) is 33.2. The molecule has 0 aliphatic rings. The van der Waals surface area contributed by atoms with Gasteiger partial charge in [0.25, 0.3) is 0 Å². The van der Waals surface area contributed by atoms with Crippen LogP contribution in [0.1, 0.15) is 0 Å². The molecule has 0 bridgehead atoms. The summed E-state index contributed by atoms with van der Waals surface area (Å²) in [5.41, 5.74) is 13.9. The van der Waals surface area contributed by atoms with Gasteiger partial charge in [0.1, 0.15) is 11.2 Å². The molecule has 14 aromatic carbocycles. The van der Waals surface area contributed by atoms with Crippen LogP contribution in [-0.4, -0.2) is 0 Å². The van der Waals surface area contributed by atoms with Crippen molar-refractivity contribution in [2.45, 2.75) is 0 Å². The normalized spacial score (nSPS) is 12.2. The Morgan fingerprint density at radius 3 is 1.15 bits per heavy atom. The minimum Gasteiger partial charge on any atom is -0.455 e. The van der Waals surface area contributed by atoms with Crippen LogP contribution >= 0.6 is 0 Å². The Labute approximate surface area is 386 Å². The third-order valence-electron chi connectivity index (χ3n) is 14.8. The first-order valence-electron chi connectivity index (χ1n) is 23.2. The molecule has 0 amide bonds. The van der Waals surface area contributed by atoms with Crippen LogP contribution < -0.4 is 0 Å². The SMILES string of the molecule is c1ccc(-c2ccc3ccc4c(-c5ccc(-c6cc(-c7ccc8ccc9c(-c%10ccccc%10)ccc%10ccc7c8c%109)c7c(c6)oc6c8ccccc8ccc67)cc5)ccc5ccc2c3c54)cc1. The van der Waals surface area contributed by atoms with Gasteiger partial charge in [-0.3, -0.25) is 0 Å². The van der Waals surface area contributed by atoms with Crippen molar-refractivity contribution in [3.05, 3.63) is 231 Å². The van der Waals surface area contributed by atoms with Gasteiger partial charge < -0.3 is 4.42 Å². The highest BCUT2D eigenvalue weighted by Crippen LogP contribution is 2.48. The summed E-state index contributed by atoms with van der Waals surface area (Å²) in [5.74, 6) is 0. The number of hydrogen-bond donors (Lipinski definition) is 0. The molecule has 1 aromatic heterocycles. The zero-order valence-corrected chi connectivity index (χ0v) is 36.3. The summed E-state index contributed by atoms with van der Waals surface area (Å²) in [5, 5.41) is 20.0. The van der Waals surface area contributed by atoms with Crippen LogP contribution in [0.5, 0.6) is 0 Å². The molecule has 0 saturated heterocycles. The number of fused-ring (bicyclic) bond motifs is 5. The molecule has 67 heavy (non-hydrogen) atoms. The van der Waals surface area contributed by atoms with Gasteiger partial charge >= 0.3 is 0 Å². The molecule has 0 N–H and O–H groups in total. The van der Waals surface area contributed by atoms with Crippen molar-refractivity contribution < 1.29 is 4.42 Å². The molecule has 0 fully saturated rings. The zero-order valence-electron chi connectivity index (χ0n) is 36.3. The summed E-state index contributed by atoms with van der Waals surface area (Å²) in [6.45, 7) is 0. The maximum Gasteiger partial charge on any atom is 0.143 e. The van der Waals surface area contributed by atoms with Gasteiger partial charge in [-0.1, -0.05) is 212 Å². The Morgan fingerprint density at radius 1 is 0.209 bits per heavy atom. The molecule has 0 aliphatic carbocycles. The van der Waals surface area contributed by atoms with Crippen molar-refractivity contribution in [2.75, 3.05) is 0 Å². The smallest absolute Gasteiger partial charge is 0.143 e. The van der Waals surface area contributed by atoms with Crippen LogP contribution in [0.25, 0.3) is 153 Å². The van der Waals surface area contributed by atoms with Gasteiger partial charge in [-0.15, -0.1) is 0 Å². The van der Waals surface area contributed by atoms with Gasteiger partial charge in [0.2, 0.25) is 0 Å². The number of hydrogen-bond acceptors (Lipinski definition) is 1. The van der Waals surface area contributed by atoms with Gasteiger partial charge in [-0.25, -0.2) is 0 Å². The Balaban J connectivity index is 0.926. The number of rotatable bonds is 5. The minimum absolute atomic E-state index is 0.890. The van der Waals surface area contributed by atoms with E-state index >= 15 is 0 Å². The molecule has 1 heterocycles. The molecule has 1 nitrogen and oxygen atoms in total. The van der Waals surface area contributed by atoms with Crippen molar-refractivity contribution in [1.29, 1.82) is 0 Å². The van der Waals surface area contributed by atoms with E-state index in [9.17, 15) is 0 Å². The maximum atomic E-state index is 7.01. The van der Waals surface area contributed by atoms with Crippen molar-refractivity contribution >= 4 is 97.3 Å². The molecular weight excluding hydrogens is 809 g/mol. The van der Waals surface area contributed by atoms with E-state index in [1.54, 1.807) is 0 Å². The summed E-state index contributed by atoms with van der Waals surface area (Å²) >= 11 is 0.